The lowest BCUT2D eigenvalue weighted by atomic mass is 9.84. The van der Waals surface area contributed by atoms with Crippen LogP contribution in [0.5, 0.6) is 5.75 Å². The Morgan fingerprint density at radius 2 is 1.93 bits per heavy atom. The summed E-state index contributed by atoms with van der Waals surface area (Å²) < 4.78 is 6.21. The number of ether oxygens (including phenoxy) is 1. The molecule has 1 saturated heterocycles. The zero-order chi connectivity index (χ0) is 20.3. The summed E-state index contributed by atoms with van der Waals surface area (Å²) >= 11 is 0. The van der Waals surface area contributed by atoms with E-state index in [4.69, 9.17) is 4.74 Å². The standard InChI is InChI=1S/C22H23N3O4/c26-18-13-22(29-19-4-2-1-3-17(18)19)8-5-21(28)25(12-9-22)15-20(27)24-14-16-6-10-23-11-7-16/h1-4,6-7,10-11H,5,8-9,12-15H2,(H,24,27). The van der Waals surface area contributed by atoms with Crippen LogP contribution >= 0.6 is 0 Å². The molecule has 1 aromatic carbocycles. The van der Waals surface area contributed by atoms with Crippen LogP contribution in [0.4, 0.5) is 0 Å². The molecule has 1 atom stereocenters. The van der Waals surface area contributed by atoms with E-state index in [2.05, 4.69) is 10.3 Å². The molecular formula is C22H23N3O4. The Kier molecular flexibility index (Phi) is 5.29. The van der Waals surface area contributed by atoms with E-state index >= 15 is 0 Å². The van der Waals surface area contributed by atoms with Crippen molar-refractivity contribution in [2.75, 3.05) is 13.1 Å². The van der Waals surface area contributed by atoms with Gasteiger partial charge in [0, 0.05) is 38.3 Å². The third-order valence-electron chi connectivity index (χ3n) is 5.55. The van der Waals surface area contributed by atoms with E-state index in [0.29, 0.717) is 37.2 Å². The lowest BCUT2D eigenvalue weighted by molar-refractivity contribution is -0.135. The first-order chi connectivity index (χ1) is 14.0. The van der Waals surface area contributed by atoms with Crippen LogP contribution < -0.4 is 10.1 Å². The van der Waals surface area contributed by atoms with E-state index in [1.54, 1.807) is 29.4 Å². The van der Waals surface area contributed by atoms with Crippen LogP contribution in [0.1, 0.15) is 41.6 Å². The number of fused-ring (bicyclic) bond motifs is 1. The number of Topliss-reactive ketones (excluding diaryl/α,β-unsaturated/α-hetero) is 1. The molecule has 2 aromatic rings. The maximum atomic E-state index is 12.6. The van der Waals surface area contributed by atoms with Gasteiger partial charge in [0.15, 0.2) is 5.78 Å². The summed E-state index contributed by atoms with van der Waals surface area (Å²) in [6.07, 6.45) is 4.86. The number of ketones is 1. The number of hydrogen-bond donors (Lipinski definition) is 1. The first-order valence-electron chi connectivity index (χ1n) is 9.79. The fourth-order valence-electron chi connectivity index (χ4n) is 3.90. The molecule has 1 spiro atoms. The second kappa shape index (κ2) is 8.03. The van der Waals surface area contributed by atoms with Gasteiger partial charge in [-0.15, -0.1) is 0 Å². The van der Waals surface area contributed by atoms with Crippen LogP contribution in [0.15, 0.2) is 48.8 Å². The average Bonchev–Trinajstić information content (AvgIpc) is 2.87. The molecule has 1 aromatic heterocycles. The van der Waals surface area contributed by atoms with Crippen molar-refractivity contribution in [2.24, 2.45) is 0 Å². The average molecular weight is 393 g/mol. The molecule has 150 valence electrons. The Morgan fingerprint density at radius 1 is 1.14 bits per heavy atom. The highest BCUT2D eigenvalue weighted by molar-refractivity contribution is 6.00. The van der Waals surface area contributed by atoms with Crippen LogP contribution in [-0.2, 0) is 16.1 Å². The first-order valence-corrected chi connectivity index (χ1v) is 9.79. The Balaban J connectivity index is 1.38. The van der Waals surface area contributed by atoms with Crippen molar-refractivity contribution >= 4 is 17.6 Å². The third-order valence-corrected chi connectivity index (χ3v) is 5.55. The molecule has 0 aliphatic carbocycles. The highest BCUT2D eigenvalue weighted by atomic mass is 16.5. The summed E-state index contributed by atoms with van der Waals surface area (Å²) in [5, 5.41) is 2.83. The molecule has 29 heavy (non-hydrogen) atoms. The second-order valence-electron chi connectivity index (χ2n) is 7.58. The number of pyridine rings is 1. The van der Waals surface area contributed by atoms with Gasteiger partial charge >= 0.3 is 0 Å². The molecule has 4 rings (SSSR count). The number of hydrogen-bond acceptors (Lipinski definition) is 5. The van der Waals surface area contributed by atoms with E-state index in [9.17, 15) is 14.4 Å². The summed E-state index contributed by atoms with van der Waals surface area (Å²) in [7, 11) is 0. The van der Waals surface area contributed by atoms with E-state index < -0.39 is 5.60 Å². The fourth-order valence-corrected chi connectivity index (χ4v) is 3.90. The summed E-state index contributed by atoms with van der Waals surface area (Å²) in [6, 6.07) is 10.9. The quantitative estimate of drug-likeness (QED) is 0.860. The molecular weight excluding hydrogens is 370 g/mol. The molecule has 2 amide bonds. The van der Waals surface area contributed by atoms with Crippen molar-refractivity contribution in [3.8, 4) is 5.75 Å². The van der Waals surface area contributed by atoms with E-state index in [1.165, 1.54) is 0 Å². The van der Waals surface area contributed by atoms with Crippen LogP contribution in [0, 0.1) is 0 Å². The molecule has 1 N–H and O–H groups in total. The summed E-state index contributed by atoms with van der Waals surface area (Å²) in [4.78, 5) is 43.0. The minimum Gasteiger partial charge on any atom is -0.486 e. The zero-order valence-corrected chi connectivity index (χ0v) is 16.1. The van der Waals surface area contributed by atoms with E-state index in [0.717, 1.165) is 5.56 Å². The number of benzene rings is 1. The van der Waals surface area contributed by atoms with E-state index in [1.807, 2.05) is 24.3 Å². The van der Waals surface area contributed by atoms with Gasteiger partial charge in [-0.2, -0.15) is 0 Å². The van der Waals surface area contributed by atoms with Crippen molar-refractivity contribution in [1.82, 2.24) is 15.2 Å². The molecule has 7 heteroatoms. The maximum Gasteiger partial charge on any atom is 0.239 e. The Morgan fingerprint density at radius 3 is 2.76 bits per heavy atom. The summed E-state index contributed by atoms with van der Waals surface area (Å²) in [5.41, 5.74) is 0.868. The van der Waals surface area contributed by atoms with E-state index in [-0.39, 0.29) is 37.0 Å². The minimum atomic E-state index is -0.677. The van der Waals surface area contributed by atoms with Gasteiger partial charge in [-0.1, -0.05) is 12.1 Å². The van der Waals surface area contributed by atoms with Crippen LogP contribution in [0.25, 0.3) is 0 Å². The molecule has 1 unspecified atom stereocenters. The van der Waals surface area contributed by atoms with Gasteiger partial charge in [0.05, 0.1) is 18.5 Å². The maximum absolute atomic E-state index is 12.6. The zero-order valence-electron chi connectivity index (χ0n) is 16.1. The SMILES string of the molecule is O=C(CN1CCC2(CCC1=O)CC(=O)c1ccccc1O2)NCc1ccncc1. The smallest absolute Gasteiger partial charge is 0.239 e. The van der Waals surface area contributed by atoms with Gasteiger partial charge in [0.1, 0.15) is 11.4 Å². The van der Waals surface area contributed by atoms with Gasteiger partial charge in [-0.05, 0) is 36.2 Å². The van der Waals surface area contributed by atoms with Crippen molar-refractivity contribution in [3.05, 3.63) is 59.9 Å². The Bertz CT molecular complexity index is 931. The summed E-state index contributed by atoms with van der Waals surface area (Å²) in [6.45, 7) is 0.781. The lowest BCUT2D eigenvalue weighted by Gasteiger charge is -2.37. The fraction of sp³-hybridized carbons (Fsp3) is 0.364. The van der Waals surface area contributed by atoms with Crippen molar-refractivity contribution < 1.29 is 19.1 Å². The number of aromatic nitrogens is 1. The number of rotatable bonds is 4. The van der Waals surface area contributed by atoms with Crippen LogP contribution in [0.3, 0.4) is 0 Å². The number of carbonyl (C=O) groups excluding carboxylic acids is 3. The molecule has 2 aliphatic heterocycles. The monoisotopic (exact) mass is 393 g/mol. The Hall–Kier alpha value is -3.22. The molecule has 2 aliphatic rings. The molecule has 1 fully saturated rings. The minimum absolute atomic E-state index is 0.00449. The van der Waals surface area contributed by atoms with Gasteiger partial charge < -0.3 is 15.0 Å². The predicted molar refractivity (Wildman–Crippen MR) is 105 cm³/mol. The third kappa shape index (κ3) is 4.29. The van der Waals surface area contributed by atoms with Crippen molar-refractivity contribution in [2.45, 2.75) is 37.8 Å². The van der Waals surface area contributed by atoms with Gasteiger partial charge in [-0.3, -0.25) is 19.4 Å². The molecule has 0 radical (unpaired) electrons. The number of amides is 2. The van der Waals surface area contributed by atoms with Crippen LogP contribution in [-0.4, -0.2) is 46.2 Å². The number of nitrogens with zero attached hydrogens (tertiary/aromatic N) is 2. The first kappa shape index (κ1) is 19.1. The summed E-state index contributed by atoms with van der Waals surface area (Å²) in [5.74, 6) is 0.329. The molecule has 3 heterocycles. The lowest BCUT2D eigenvalue weighted by Crippen LogP contribution is -2.44. The number of likely N-dealkylation sites (tertiary alicyclic amines) is 1. The highest BCUT2D eigenvalue weighted by Gasteiger charge is 2.43. The Labute approximate surface area is 169 Å². The van der Waals surface area contributed by atoms with Gasteiger partial charge in [0.2, 0.25) is 11.8 Å². The molecule has 7 nitrogen and oxygen atoms in total. The van der Waals surface area contributed by atoms with Crippen LogP contribution in [0.2, 0.25) is 0 Å². The number of para-hydroxylation sites is 1. The normalized spacial score (nSPS) is 21.3. The highest BCUT2D eigenvalue weighted by Crippen LogP contribution is 2.39. The number of nitrogens with one attached hydrogen (secondary N) is 1. The van der Waals surface area contributed by atoms with Crippen molar-refractivity contribution in [3.63, 3.8) is 0 Å². The molecule has 0 bridgehead atoms. The second-order valence-corrected chi connectivity index (χ2v) is 7.58. The largest absolute Gasteiger partial charge is 0.486 e. The van der Waals surface area contributed by atoms with Crippen molar-refractivity contribution in [1.29, 1.82) is 0 Å². The topological polar surface area (TPSA) is 88.6 Å². The molecule has 0 saturated carbocycles. The van der Waals surface area contributed by atoms with Gasteiger partial charge in [-0.25, -0.2) is 0 Å². The van der Waals surface area contributed by atoms with Gasteiger partial charge in [0.25, 0.3) is 0 Å². The predicted octanol–water partition coefficient (Wildman–Crippen LogP) is 2.11. The number of carbonyl (C=O) groups is 3.